The first-order valence-electron chi connectivity index (χ1n) is 9.77. The number of amides is 1. The molecule has 0 saturated carbocycles. The van der Waals surface area contributed by atoms with Crippen LogP contribution >= 0.6 is 0 Å². The fraction of sp³-hybridized carbons (Fsp3) is 0.524. The lowest BCUT2D eigenvalue weighted by Crippen LogP contribution is -2.38. The van der Waals surface area contributed by atoms with E-state index in [0.29, 0.717) is 5.91 Å². The minimum Gasteiger partial charge on any atom is -0.341 e. The van der Waals surface area contributed by atoms with E-state index in [0.717, 1.165) is 64.2 Å². The summed E-state index contributed by atoms with van der Waals surface area (Å²) in [4.78, 5) is 22.1. The molecule has 1 amide bonds. The monoisotopic (exact) mass is 352 g/mol. The van der Waals surface area contributed by atoms with Gasteiger partial charge in [-0.3, -0.25) is 4.79 Å². The van der Waals surface area contributed by atoms with Gasteiger partial charge in [-0.05, 0) is 36.9 Å². The Labute approximate surface area is 155 Å². The molecule has 0 bridgehead atoms. The van der Waals surface area contributed by atoms with E-state index in [9.17, 15) is 4.79 Å². The zero-order chi connectivity index (χ0) is 17.9. The molecule has 4 rings (SSSR count). The highest BCUT2D eigenvalue weighted by Crippen LogP contribution is 2.34. The van der Waals surface area contributed by atoms with Crippen LogP contribution in [0.25, 0.3) is 0 Å². The molecule has 0 radical (unpaired) electrons. The van der Waals surface area contributed by atoms with Gasteiger partial charge in [-0.25, -0.2) is 4.98 Å². The zero-order valence-corrected chi connectivity index (χ0v) is 15.6. The minimum absolute atomic E-state index is 0.0744. The lowest BCUT2D eigenvalue weighted by atomic mass is 10.00. The normalized spacial score (nSPS) is 20.8. The number of rotatable bonds is 4. The summed E-state index contributed by atoms with van der Waals surface area (Å²) in [5.74, 6) is 1.54. The molecule has 1 saturated heterocycles. The van der Waals surface area contributed by atoms with Gasteiger partial charge in [-0.15, -0.1) is 0 Å². The van der Waals surface area contributed by atoms with Gasteiger partial charge in [0.2, 0.25) is 5.91 Å². The van der Waals surface area contributed by atoms with Crippen LogP contribution in [0.1, 0.15) is 35.7 Å². The van der Waals surface area contributed by atoms with Gasteiger partial charge in [0, 0.05) is 52.0 Å². The Hall–Kier alpha value is -2.14. The Kier molecular flexibility index (Phi) is 5.07. The van der Waals surface area contributed by atoms with Crippen molar-refractivity contribution in [2.24, 2.45) is 7.05 Å². The number of fused-ring (bicyclic) bond motifs is 1. The molecule has 1 aliphatic heterocycles. The van der Waals surface area contributed by atoms with Gasteiger partial charge in [-0.2, -0.15) is 0 Å². The van der Waals surface area contributed by atoms with Gasteiger partial charge >= 0.3 is 0 Å². The third-order valence-corrected chi connectivity index (χ3v) is 5.90. The lowest BCUT2D eigenvalue weighted by molar-refractivity contribution is -0.132. The molecule has 1 atom stereocenters. The Morgan fingerprint density at radius 3 is 2.92 bits per heavy atom. The smallest absolute Gasteiger partial charge is 0.230 e. The van der Waals surface area contributed by atoms with Crippen LogP contribution in [0.5, 0.6) is 0 Å². The van der Waals surface area contributed by atoms with Crippen molar-refractivity contribution in [3.63, 3.8) is 0 Å². The van der Waals surface area contributed by atoms with Crippen LogP contribution in [0.4, 0.5) is 0 Å². The van der Waals surface area contributed by atoms with E-state index in [-0.39, 0.29) is 5.92 Å². The summed E-state index contributed by atoms with van der Waals surface area (Å²) >= 11 is 0. The second kappa shape index (κ2) is 7.62. The maximum Gasteiger partial charge on any atom is 0.230 e. The molecule has 26 heavy (non-hydrogen) atoms. The predicted octanol–water partition coefficient (Wildman–Crippen LogP) is 2.23. The second-order valence-electron chi connectivity index (χ2n) is 7.51. The van der Waals surface area contributed by atoms with Crippen molar-refractivity contribution < 1.29 is 4.79 Å². The molecule has 1 aromatic heterocycles. The number of hydrogen-bond acceptors (Lipinski definition) is 3. The first-order chi connectivity index (χ1) is 12.7. The Morgan fingerprint density at radius 2 is 2.08 bits per heavy atom. The number of aryl methyl sites for hydroxylation is 2. The molecular formula is C21H28N4O. The number of imidazole rings is 1. The highest BCUT2D eigenvalue weighted by molar-refractivity contribution is 5.85. The SMILES string of the molecule is Cn1ccnc1CCN1CCCN(C(=O)C2CCc3ccccc32)CC1. The molecular weight excluding hydrogens is 324 g/mol. The number of hydrogen-bond donors (Lipinski definition) is 0. The van der Waals surface area contributed by atoms with E-state index in [4.69, 9.17) is 0 Å². The first kappa shape index (κ1) is 17.3. The summed E-state index contributed by atoms with van der Waals surface area (Å²) in [6.07, 6.45) is 7.89. The van der Waals surface area contributed by atoms with Crippen LogP contribution in [-0.4, -0.2) is 58.0 Å². The number of aromatic nitrogens is 2. The summed E-state index contributed by atoms with van der Waals surface area (Å²) in [6.45, 7) is 4.77. The van der Waals surface area contributed by atoms with Gasteiger partial charge in [0.05, 0.1) is 5.92 Å². The van der Waals surface area contributed by atoms with Gasteiger partial charge < -0.3 is 14.4 Å². The van der Waals surface area contributed by atoms with E-state index in [1.165, 1.54) is 11.1 Å². The van der Waals surface area contributed by atoms with E-state index in [1.807, 2.05) is 19.4 Å². The van der Waals surface area contributed by atoms with Crippen molar-refractivity contribution in [2.75, 3.05) is 32.7 Å². The number of carbonyl (C=O) groups excluding carboxylic acids is 1. The first-order valence-corrected chi connectivity index (χ1v) is 9.77. The van der Waals surface area contributed by atoms with Crippen molar-refractivity contribution in [1.82, 2.24) is 19.4 Å². The average Bonchev–Trinajstić information content (AvgIpc) is 3.19. The van der Waals surface area contributed by atoms with E-state index in [1.54, 1.807) is 0 Å². The van der Waals surface area contributed by atoms with Crippen molar-refractivity contribution in [3.8, 4) is 0 Å². The molecule has 138 valence electrons. The largest absolute Gasteiger partial charge is 0.341 e. The number of nitrogens with zero attached hydrogens (tertiary/aromatic N) is 4. The van der Waals surface area contributed by atoms with Gasteiger partial charge in [0.25, 0.3) is 0 Å². The topological polar surface area (TPSA) is 41.4 Å². The molecule has 5 heteroatoms. The maximum absolute atomic E-state index is 13.1. The highest BCUT2D eigenvalue weighted by atomic mass is 16.2. The summed E-state index contributed by atoms with van der Waals surface area (Å²) in [5.41, 5.74) is 2.62. The molecule has 0 spiro atoms. The fourth-order valence-corrected chi connectivity index (χ4v) is 4.34. The van der Waals surface area contributed by atoms with Crippen LogP contribution < -0.4 is 0 Å². The molecule has 1 aromatic carbocycles. The third-order valence-electron chi connectivity index (χ3n) is 5.90. The summed E-state index contributed by atoms with van der Waals surface area (Å²) in [7, 11) is 2.05. The third kappa shape index (κ3) is 3.54. The van der Waals surface area contributed by atoms with Crippen molar-refractivity contribution >= 4 is 5.91 Å². The van der Waals surface area contributed by atoms with E-state index in [2.05, 4.69) is 43.6 Å². The average molecular weight is 352 g/mol. The molecule has 1 fully saturated rings. The van der Waals surface area contributed by atoms with Crippen LogP contribution in [0.3, 0.4) is 0 Å². The molecule has 5 nitrogen and oxygen atoms in total. The second-order valence-corrected chi connectivity index (χ2v) is 7.51. The molecule has 1 aliphatic carbocycles. The number of benzene rings is 1. The Bertz CT molecular complexity index is 769. The predicted molar refractivity (Wildman–Crippen MR) is 102 cm³/mol. The van der Waals surface area contributed by atoms with E-state index < -0.39 is 0 Å². The van der Waals surface area contributed by atoms with Crippen LogP contribution in [0, 0.1) is 0 Å². The van der Waals surface area contributed by atoms with Crippen molar-refractivity contribution in [1.29, 1.82) is 0 Å². The van der Waals surface area contributed by atoms with Crippen molar-refractivity contribution in [2.45, 2.75) is 31.6 Å². The Balaban J connectivity index is 1.34. The highest BCUT2D eigenvalue weighted by Gasteiger charge is 2.32. The van der Waals surface area contributed by atoms with Crippen molar-refractivity contribution in [3.05, 3.63) is 53.6 Å². The summed E-state index contributed by atoms with van der Waals surface area (Å²) in [5, 5.41) is 0. The molecule has 2 heterocycles. The molecule has 0 N–H and O–H groups in total. The summed E-state index contributed by atoms with van der Waals surface area (Å²) < 4.78 is 2.09. The molecule has 2 aliphatic rings. The van der Waals surface area contributed by atoms with Crippen LogP contribution in [0.15, 0.2) is 36.7 Å². The Morgan fingerprint density at radius 1 is 1.19 bits per heavy atom. The van der Waals surface area contributed by atoms with Gasteiger partial charge in [0.1, 0.15) is 5.82 Å². The number of carbonyl (C=O) groups is 1. The van der Waals surface area contributed by atoms with Gasteiger partial charge in [0.15, 0.2) is 0 Å². The van der Waals surface area contributed by atoms with Crippen LogP contribution in [-0.2, 0) is 24.7 Å². The summed E-state index contributed by atoms with van der Waals surface area (Å²) in [6, 6.07) is 8.45. The fourth-order valence-electron chi connectivity index (χ4n) is 4.34. The maximum atomic E-state index is 13.1. The standard InChI is InChI=1S/C21H28N4O/c1-23-14-10-22-20(23)9-13-24-11-4-12-25(16-15-24)21(26)19-8-7-17-5-2-3-6-18(17)19/h2-3,5-6,10,14,19H,4,7-9,11-13,15-16H2,1H3. The van der Waals surface area contributed by atoms with Crippen LogP contribution in [0.2, 0.25) is 0 Å². The van der Waals surface area contributed by atoms with Gasteiger partial charge in [-0.1, -0.05) is 24.3 Å². The zero-order valence-electron chi connectivity index (χ0n) is 15.6. The minimum atomic E-state index is 0.0744. The van der Waals surface area contributed by atoms with E-state index >= 15 is 0 Å². The quantitative estimate of drug-likeness (QED) is 0.847. The molecule has 2 aromatic rings. The molecule has 1 unspecified atom stereocenters. The lowest BCUT2D eigenvalue weighted by Gasteiger charge is -2.25.